The highest BCUT2D eigenvalue weighted by Crippen LogP contribution is 2.11. The van der Waals surface area contributed by atoms with Crippen LogP contribution >= 0.6 is 0 Å². The Morgan fingerprint density at radius 3 is 2.29 bits per heavy atom. The van der Waals surface area contributed by atoms with E-state index in [1.165, 1.54) is 0 Å². The first-order valence-corrected chi connectivity index (χ1v) is 3.99. The van der Waals surface area contributed by atoms with Gasteiger partial charge in [-0.15, -0.1) is 0 Å². The molecule has 0 aliphatic carbocycles. The van der Waals surface area contributed by atoms with Gasteiger partial charge in [0.25, 0.3) is 12.0 Å². The number of carbonyl (C=O) groups excluding carboxylic acids is 1. The predicted molar refractivity (Wildman–Crippen MR) is 50.0 cm³/mol. The molecular formula is C10H9F2NO. The summed E-state index contributed by atoms with van der Waals surface area (Å²) in [7, 11) is 0. The molecule has 0 saturated carbocycles. The molecule has 0 bridgehead atoms. The number of hydrogen-bond acceptors (Lipinski definition) is 1. The van der Waals surface area contributed by atoms with Gasteiger partial charge in [0.2, 0.25) is 0 Å². The molecule has 1 N–H and O–H groups in total. The van der Waals surface area contributed by atoms with Crippen LogP contribution in [0.25, 0.3) is 0 Å². The van der Waals surface area contributed by atoms with Crippen molar-refractivity contribution in [3.05, 3.63) is 42.0 Å². The van der Waals surface area contributed by atoms with Crippen molar-refractivity contribution in [2.45, 2.75) is 6.92 Å². The van der Waals surface area contributed by atoms with Gasteiger partial charge in [0.05, 0.1) is 5.57 Å². The number of halogens is 2. The molecular weight excluding hydrogens is 188 g/mol. The topological polar surface area (TPSA) is 29.1 Å². The summed E-state index contributed by atoms with van der Waals surface area (Å²) in [5, 5.41) is 2.35. The number of carbonyl (C=O) groups is 1. The first kappa shape index (κ1) is 10.4. The van der Waals surface area contributed by atoms with E-state index in [1.54, 1.807) is 30.3 Å². The molecule has 0 aliphatic heterocycles. The van der Waals surface area contributed by atoms with Gasteiger partial charge in [0.1, 0.15) is 0 Å². The first-order chi connectivity index (χ1) is 6.61. The summed E-state index contributed by atoms with van der Waals surface area (Å²) < 4.78 is 24.0. The first-order valence-electron chi connectivity index (χ1n) is 3.99. The smallest absolute Gasteiger partial charge is 0.278 e. The van der Waals surface area contributed by atoms with E-state index in [2.05, 4.69) is 5.32 Å². The molecule has 1 amide bonds. The summed E-state index contributed by atoms with van der Waals surface area (Å²) in [5.74, 6) is -0.781. The molecule has 2 nitrogen and oxygen atoms in total. The third-order valence-electron chi connectivity index (χ3n) is 1.66. The van der Waals surface area contributed by atoms with Crippen LogP contribution in [0.2, 0.25) is 0 Å². The van der Waals surface area contributed by atoms with E-state index in [9.17, 15) is 13.6 Å². The molecule has 0 aliphatic rings. The molecule has 1 rings (SSSR count). The van der Waals surface area contributed by atoms with Gasteiger partial charge in [-0.25, -0.2) is 0 Å². The van der Waals surface area contributed by atoms with Crippen LogP contribution in [-0.2, 0) is 4.79 Å². The molecule has 1 aromatic rings. The minimum atomic E-state index is -1.96. The van der Waals surface area contributed by atoms with Crippen LogP contribution in [0.15, 0.2) is 42.0 Å². The lowest BCUT2D eigenvalue weighted by Crippen LogP contribution is -2.12. The monoisotopic (exact) mass is 197 g/mol. The van der Waals surface area contributed by atoms with Crippen LogP contribution in [-0.4, -0.2) is 5.91 Å². The molecule has 0 saturated heterocycles. The van der Waals surface area contributed by atoms with Crippen molar-refractivity contribution in [2.75, 3.05) is 5.32 Å². The van der Waals surface area contributed by atoms with Crippen molar-refractivity contribution in [3.63, 3.8) is 0 Å². The van der Waals surface area contributed by atoms with Crippen LogP contribution in [0.5, 0.6) is 0 Å². The van der Waals surface area contributed by atoms with Crippen molar-refractivity contribution < 1.29 is 13.6 Å². The van der Waals surface area contributed by atoms with Crippen molar-refractivity contribution >= 4 is 11.6 Å². The number of anilines is 1. The van der Waals surface area contributed by atoms with Gasteiger partial charge >= 0.3 is 0 Å². The third-order valence-corrected chi connectivity index (χ3v) is 1.66. The number of benzene rings is 1. The third kappa shape index (κ3) is 2.65. The SMILES string of the molecule is CC(C(=O)Nc1ccccc1)=C(F)F. The van der Waals surface area contributed by atoms with E-state index in [-0.39, 0.29) is 0 Å². The Bertz CT molecular complexity index is 356. The Morgan fingerprint density at radius 2 is 1.79 bits per heavy atom. The van der Waals surface area contributed by atoms with E-state index < -0.39 is 17.6 Å². The molecule has 0 spiro atoms. The van der Waals surface area contributed by atoms with Crippen molar-refractivity contribution in [2.24, 2.45) is 0 Å². The van der Waals surface area contributed by atoms with Gasteiger partial charge in [-0.3, -0.25) is 4.79 Å². The lowest BCUT2D eigenvalue weighted by atomic mass is 10.3. The molecule has 0 unspecified atom stereocenters. The van der Waals surface area contributed by atoms with Crippen molar-refractivity contribution in [3.8, 4) is 0 Å². The van der Waals surface area contributed by atoms with Crippen LogP contribution < -0.4 is 5.32 Å². The fourth-order valence-electron chi connectivity index (χ4n) is 0.832. The second-order valence-corrected chi connectivity index (χ2v) is 2.71. The van der Waals surface area contributed by atoms with Gasteiger partial charge in [-0.2, -0.15) is 8.78 Å². The molecule has 74 valence electrons. The molecule has 1 aromatic carbocycles. The standard InChI is InChI=1S/C10H9F2NO/c1-7(9(11)12)10(14)13-8-5-3-2-4-6-8/h2-6H,1H3,(H,13,14). The predicted octanol–water partition coefficient (Wildman–Crippen LogP) is 2.80. The summed E-state index contributed by atoms with van der Waals surface area (Å²) in [4.78, 5) is 11.1. The average Bonchev–Trinajstić information content (AvgIpc) is 2.18. The lowest BCUT2D eigenvalue weighted by molar-refractivity contribution is -0.113. The maximum atomic E-state index is 12.0. The molecule has 4 heteroatoms. The Labute approximate surface area is 80.2 Å². The van der Waals surface area contributed by atoms with Gasteiger partial charge in [0, 0.05) is 5.69 Å². The van der Waals surface area contributed by atoms with Crippen molar-refractivity contribution in [1.82, 2.24) is 0 Å². The van der Waals surface area contributed by atoms with Gasteiger partial charge in [-0.1, -0.05) is 18.2 Å². The number of rotatable bonds is 2. The zero-order chi connectivity index (χ0) is 10.6. The van der Waals surface area contributed by atoms with E-state index in [4.69, 9.17) is 0 Å². The van der Waals surface area contributed by atoms with Gasteiger partial charge < -0.3 is 5.32 Å². The summed E-state index contributed by atoms with van der Waals surface area (Å²) in [5.41, 5.74) is -0.0630. The number of para-hydroxylation sites is 1. The minimum Gasteiger partial charge on any atom is -0.322 e. The summed E-state index contributed by atoms with van der Waals surface area (Å²) in [6, 6.07) is 8.44. The molecule has 0 heterocycles. The average molecular weight is 197 g/mol. The highest BCUT2D eigenvalue weighted by Gasteiger charge is 2.10. The summed E-state index contributed by atoms with van der Waals surface area (Å²) >= 11 is 0. The second kappa shape index (κ2) is 4.50. The van der Waals surface area contributed by atoms with Crippen LogP contribution in [0, 0.1) is 0 Å². The van der Waals surface area contributed by atoms with Crippen LogP contribution in [0.4, 0.5) is 14.5 Å². The minimum absolute atomic E-state index is 0.498. The quantitative estimate of drug-likeness (QED) is 0.725. The van der Waals surface area contributed by atoms with E-state index in [1.807, 2.05) is 0 Å². The fourth-order valence-corrected chi connectivity index (χ4v) is 0.832. The van der Waals surface area contributed by atoms with E-state index >= 15 is 0 Å². The molecule has 14 heavy (non-hydrogen) atoms. The number of amides is 1. The highest BCUT2D eigenvalue weighted by molar-refractivity contribution is 6.03. The molecule has 0 fully saturated rings. The van der Waals surface area contributed by atoms with Gasteiger partial charge in [0.15, 0.2) is 0 Å². The maximum Gasteiger partial charge on any atom is 0.278 e. The zero-order valence-electron chi connectivity index (χ0n) is 7.55. The highest BCUT2D eigenvalue weighted by atomic mass is 19.3. The zero-order valence-corrected chi connectivity index (χ0v) is 7.55. The maximum absolute atomic E-state index is 12.0. The summed E-state index contributed by atoms with van der Waals surface area (Å²) in [6.45, 7) is 1.08. The largest absolute Gasteiger partial charge is 0.322 e. The Hall–Kier alpha value is -1.71. The van der Waals surface area contributed by atoms with Crippen LogP contribution in [0.1, 0.15) is 6.92 Å². The van der Waals surface area contributed by atoms with Crippen LogP contribution in [0.3, 0.4) is 0 Å². The molecule has 0 aromatic heterocycles. The second-order valence-electron chi connectivity index (χ2n) is 2.71. The lowest BCUT2D eigenvalue weighted by Gasteiger charge is -2.03. The van der Waals surface area contributed by atoms with Gasteiger partial charge in [-0.05, 0) is 19.1 Å². The summed E-state index contributed by atoms with van der Waals surface area (Å²) in [6.07, 6.45) is -1.96. The fraction of sp³-hybridized carbons (Fsp3) is 0.100. The number of nitrogens with one attached hydrogen (secondary N) is 1. The molecule has 0 radical (unpaired) electrons. The molecule has 0 atom stereocenters. The number of hydrogen-bond donors (Lipinski definition) is 1. The Balaban J connectivity index is 2.72. The van der Waals surface area contributed by atoms with E-state index in [0.717, 1.165) is 6.92 Å². The van der Waals surface area contributed by atoms with Crippen molar-refractivity contribution in [1.29, 1.82) is 0 Å². The normalized spacial score (nSPS) is 9.36. The Morgan fingerprint density at radius 1 is 1.21 bits per heavy atom. The Kier molecular flexibility index (Phi) is 3.34. The van der Waals surface area contributed by atoms with E-state index in [0.29, 0.717) is 5.69 Å².